The second-order valence-corrected chi connectivity index (χ2v) is 12.3. The summed E-state index contributed by atoms with van der Waals surface area (Å²) in [5.74, 6) is 0.0195. The quantitative estimate of drug-likeness (QED) is 0.203. The Labute approximate surface area is 241 Å². The van der Waals surface area contributed by atoms with Crippen LogP contribution in [-0.2, 0) is 23.4 Å². The number of aliphatic hydroxyl groups excluding tert-OH is 1. The van der Waals surface area contributed by atoms with E-state index in [1.165, 1.54) is 17.8 Å². The van der Waals surface area contributed by atoms with Crippen LogP contribution >= 0.6 is 7.75 Å². The summed E-state index contributed by atoms with van der Waals surface area (Å²) in [4.78, 5) is 27.3. The van der Waals surface area contributed by atoms with E-state index in [0.29, 0.717) is 17.4 Å². The third-order valence-corrected chi connectivity index (χ3v) is 8.50. The third-order valence-electron chi connectivity index (χ3n) is 6.85. The number of alkyl halides is 1. The molecular weight excluding hydrogens is 572 g/mol. The predicted molar refractivity (Wildman–Crippen MR) is 150 cm³/mol. The standard InChI is InChI=1S/C26H35FN7O7P/c1-14(2)39-25(36)15(3)32-42(37,41-17-8-6-5-7-9-17)38-12-18-21(35)19(27)24(40-18)34-13-29-20-22(33(4)16-10-11-16)30-26(28)31-23(20)34/h5-9,13-16,18-19,21,24,35H,10-12H2,1-4H3,(H,32,37)(H2,28,30,31)/t15-,18-,19-,21-,24-,42?/m1/s1. The molecule has 228 valence electrons. The molecule has 2 fully saturated rings. The number of fused-ring (bicyclic) bond motifs is 1. The number of para-hydroxylation sites is 1. The van der Waals surface area contributed by atoms with Gasteiger partial charge in [0.05, 0.1) is 19.0 Å². The number of esters is 1. The van der Waals surface area contributed by atoms with Crippen molar-refractivity contribution in [3.05, 3.63) is 36.7 Å². The summed E-state index contributed by atoms with van der Waals surface area (Å²) in [6.07, 6.45) is -3.20. The van der Waals surface area contributed by atoms with Gasteiger partial charge in [-0.25, -0.2) is 13.9 Å². The molecule has 16 heteroatoms. The van der Waals surface area contributed by atoms with Gasteiger partial charge >= 0.3 is 13.7 Å². The molecule has 0 radical (unpaired) electrons. The van der Waals surface area contributed by atoms with Crippen molar-refractivity contribution in [2.75, 3.05) is 24.3 Å². The lowest BCUT2D eigenvalue weighted by Gasteiger charge is -2.25. The van der Waals surface area contributed by atoms with Crippen molar-refractivity contribution in [2.45, 2.75) is 76.4 Å². The number of benzene rings is 1. The molecule has 42 heavy (non-hydrogen) atoms. The van der Waals surface area contributed by atoms with E-state index in [1.807, 2.05) is 11.9 Å². The molecule has 4 N–H and O–H groups in total. The van der Waals surface area contributed by atoms with Crippen LogP contribution < -0.4 is 20.2 Å². The van der Waals surface area contributed by atoms with Gasteiger partial charge in [0.1, 0.15) is 24.0 Å². The molecule has 2 aliphatic rings. The minimum absolute atomic E-state index is 0.0178. The summed E-state index contributed by atoms with van der Waals surface area (Å²) in [5.41, 5.74) is 6.62. The van der Waals surface area contributed by atoms with Gasteiger partial charge in [-0.3, -0.25) is 13.9 Å². The number of aromatic nitrogens is 4. The van der Waals surface area contributed by atoms with Gasteiger partial charge in [-0.1, -0.05) is 18.2 Å². The molecule has 1 saturated heterocycles. The highest BCUT2D eigenvalue weighted by atomic mass is 31.2. The van der Waals surface area contributed by atoms with Crippen LogP contribution in [0.2, 0.25) is 0 Å². The van der Waals surface area contributed by atoms with E-state index in [-0.39, 0.29) is 17.3 Å². The number of halogens is 1. The lowest BCUT2D eigenvalue weighted by molar-refractivity contribution is -0.149. The molecule has 2 aromatic heterocycles. The van der Waals surface area contributed by atoms with Gasteiger partial charge in [-0.15, -0.1) is 0 Å². The number of nitrogens with two attached hydrogens (primary N) is 1. The number of aliphatic hydroxyl groups is 1. The summed E-state index contributed by atoms with van der Waals surface area (Å²) in [6.45, 7) is 4.26. The zero-order chi connectivity index (χ0) is 30.2. The summed E-state index contributed by atoms with van der Waals surface area (Å²) in [5, 5.41) is 13.3. The Bertz CT molecular complexity index is 1460. The van der Waals surface area contributed by atoms with Crippen LogP contribution in [0.15, 0.2) is 36.7 Å². The van der Waals surface area contributed by atoms with E-state index >= 15 is 4.39 Å². The number of rotatable bonds is 12. The van der Waals surface area contributed by atoms with Gasteiger partial charge in [0.15, 0.2) is 29.4 Å². The average Bonchev–Trinajstić information content (AvgIpc) is 3.65. The summed E-state index contributed by atoms with van der Waals surface area (Å²) in [7, 11) is -2.39. The molecule has 3 aromatic rings. The predicted octanol–water partition coefficient (Wildman–Crippen LogP) is 2.74. The van der Waals surface area contributed by atoms with Crippen LogP contribution in [0.3, 0.4) is 0 Å². The number of nitrogens with zero attached hydrogens (tertiary/aromatic N) is 5. The molecule has 14 nitrogen and oxygen atoms in total. The summed E-state index contributed by atoms with van der Waals surface area (Å²) in [6, 6.07) is 7.40. The van der Waals surface area contributed by atoms with Crippen LogP contribution in [0.25, 0.3) is 11.2 Å². The number of nitrogen functional groups attached to an aromatic ring is 1. The molecule has 0 bridgehead atoms. The Balaban J connectivity index is 1.34. The monoisotopic (exact) mass is 607 g/mol. The maximum Gasteiger partial charge on any atom is 0.459 e. The summed E-state index contributed by atoms with van der Waals surface area (Å²) < 4.78 is 52.8. The van der Waals surface area contributed by atoms with E-state index in [1.54, 1.807) is 44.2 Å². The molecule has 3 heterocycles. The first kappa shape index (κ1) is 30.1. The van der Waals surface area contributed by atoms with Crippen molar-refractivity contribution in [3.63, 3.8) is 0 Å². The van der Waals surface area contributed by atoms with Crippen molar-refractivity contribution in [1.29, 1.82) is 0 Å². The summed E-state index contributed by atoms with van der Waals surface area (Å²) >= 11 is 0. The second kappa shape index (κ2) is 12.1. The Kier molecular flexibility index (Phi) is 8.67. The number of hydrogen-bond donors (Lipinski definition) is 3. The Morgan fingerprint density at radius 3 is 2.67 bits per heavy atom. The van der Waals surface area contributed by atoms with E-state index in [9.17, 15) is 14.5 Å². The minimum Gasteiger partial charge on any atom is -0.462 e. The fourth-order valence-electron chi connectivity index (χ4n) is 4.56. The van der Waals surface area contributed by atoms with Crippen molar-refractivity contribution in [2.24, 2.45) is 0 Å². The number of nitrogens with one attached hydrogen (secondary N) is 1. The lowest BCUT2D eigenvalue weighted by atomic mass is 10.1. The van der Waals surface area contributed by atoms with Crippen molar-refractivity contribution in [1.82, 2.24) is 24.6 Å². The van der Waals surface area contributed by atoms with Crippen molar-refractivity contribution < 1.29 is 37.4 Å². The normalized spacial score (nSPS) is 24.5. The largest absolute Gasteiger partial charge is 0.462 e. The van der Waals surface area contributed by atoms with Crippen LogP contribution in [0.5, 0.6) is 5.75 Å². The first-order valence-electron chi connectivity index (χ1n) is 13.6. The SMILES string of the molecule is CC(C)OC(=O)[C@@H](C)NP(=O)(OC[C@H]1O[C@@H](n2cnc3c(N(C)C4CC4)nc(N)nc32)[C@H](F)[C@@H]1O)Oc1ccccc1. The fourth-order valence-corrected chi connectivity index (χ4v) is 6.06. The Morgan fingerprint density at radius 2 is 2.00 bits per heavy atom. The second-order valence-electron chi connectivity index (χ2n) is 10.6. The minimum atomic E-state index is -4.27. The smallest absolute Gasteiger partial charge is 0.459 e. The van der Waals surface area contributed by atoms with Crippen LogP contribution in [0, 0.1) is 0 Å². The zero-order valence-corrected chi connectivity index (χ0v) is 24.6. The van der Waals surface area contributed by atoms with Gasteiger partial charge < -0.3 is 29.7 Å². The van der Waals surface area contributed by atoms with E-state index in [2.05, 4.69) is 20.0 Å². The van der Waals surface area contributed by atoms with Crippen molar-refractivity contribution >= 4 is 36.6 Å². The number of imidazole rings is 1. The first-order chi connectivity index (χ1) is 20.0. The van der Waals surface area contributed by atoms with Crippen LogP contribution in [0.1, 0.15) is 39.8 Å². The Morgan fingerprint density at radius 1 is 1.29 bits per heavy atom. The topological polar surface area (TPSA) is 176 Å². The highest BCUT2D eigenvalue weighted by Gasteiger charge is 2.47. The molecule has 1 aromatic carbocycles. The van der Waals surface area contributed by atoms with Gasteiger partial charge in [0.25, 0.3) is 0 Å². The lowest BCUT2D eigenvalue weighted by Crippen LogP contribution is -2.37. The van der Waals surface area contributed by atoms with E-state index in [4.69, 9.17) is 24.3 Å². The van der Waals surface area contributed by atoms with Gasteiger partial charge in [0, 0.05) is 13.1 Å². The molecule has 5 rings (SSSR count). The van der Waals surface area contributed by atoms with E-state index < -0.39 is 57.1 Å². The number of anilines is 2. The Hall–Kier alpha value is -3.36. The van der Waals surface area contributed by atoms with Gasteiger partial charge in [-0.2, -0.15) is 15.1 Å². The van der Waals surface area contributed by atoms with Crippen LogP contribution in [0.4, 0.5) is 16.2 Å². The molecule has 0 spiro atoms. The number of ether oxygens (including phenoxy) is 2. The molecule has 1 unspecified atom stereocenters. The van der Waals surface area contributed by atoms with Crippen molar-refractivity contribution in [3.8, 4) is 5.75 Å². The van der Waals surface area contributed by atoms with Gasteiger partial charge in [0.2, 0.25) is 5.95 Å². The molecule has 0 amide bonds. The number of hydrogen-bond acceptors (Lipinski definition) is 12. The molecule has 1 saturated carbocycles. The highest BCUT2D eigenvalue weighted by Crippen LogP contribution is 2.46. The first-order valence-corrected chi connectivity index (χ1v) is 15.2. The molecule has 1 aliphatic heterocycles. The third kappa shape index (κ3) is 6.50. The van der Waals surface area contributed by atoms with Gasteiger partial charge in [-0.05, 0) is 45.7 Å². The maximum absolute atomic E-state index is 15.5. The number of carbonyl (C=O) groups excluding carboxylic acids is 1. The molecule has 6 atom stereocenters. The van der Waals surface area contributed by atoms with E-state index in [0.717, 1.165) is 12.8 Å². The molecular formula is C26H35FN7O7P. The fraction of sp³-hybridized carbons (Fsp3) is 0.538. The average molecular weight is 608 g/mol. The highest BCUT2D eigenvalue weighted by molar-refractivity contribution is 7.52. The van der Waals surface area contributed by atoms with Crippen LogP contribution in [-0.4, -0.2) is 80.8 Å². The molecule has 1 aliphatic carbocycles. The maximum atomic E-state index is 15.5. The number of carbonyl (C=O) groups is 1. The zero-order valence-electron chi connectivity index (χ0n) is 23.7.